The number of benzene rings is 3. The van der Waals surface area contributed by atoms with Crippen LogP contribution in [0, 0.1) is 17.6 Å². The fourth-order valence-electron chi connectivity index (χ4n) is 5.10. The number of carbonyl (C=O) groups is 1. The molecule has 0 atom stereocenters. The lowest BCUT2D eigenvalue weighted by Gasteiger charge is -2.18. The number of hydrogen-bond acceptors (Lipinski definition) is 5. The number of carbonyl (C=O) groups excluding carboxylic acids is 1. The van der Waals surface area contributed by atoms with Gasteiger partial charge in [-0.25, -0.2) is 8.78 Å². The highest BCUT2D eigenvalue weighted by atomic mass is 32.1. The summed E-state index contributed by atoms with van der Waals surface area (Å²) in [5, 5.41) is 0.397. The largest absolute Gasteiger partial charge is 0.497 e. The number of nitrogens with zero attached hydrogens (tertiary/aromatic N) is 2. The third kappa shape index (κ3) is 5.91. The first-order chi connectivity index (χ1) is 20.2. The summed E-state index contributed by atoms with van der Waals surface area (Å²) in [4.78, 5) is 30.9. The average Bonchev–Trinajstić information content (AvgIpc) is 3.35. The topological polar surface area (TPSA) is 51.5 Å². The minimum Gasteiger partial charge on any atom is -0.497 e. The van der Waals surface area contributed by atoms with E-state index in [1.54, 1.807) is 25.5 Å². The van der Waals surface area contributed by atoms with Gasteiger partial charge in [0.1, 0.15) is 22.2 Å². The van der Waals surface area contributed by atoms with Crippen molar-refractivity contribution in [3.63, 3.8) is 0 Å². The van der Waals surface area contributed by atoms with Gasteiger partial charge in [-0.1, -0.05) is 50.2 Å². The Balaban J connectivity index is 1.75. The monoisotopic (exact) mass is 586 g/mol. The number of ketones is 1. The summed E-state index contributed by atoms with van der Waals surface area (Å²) in [6.07, 6.45) is 1.46. The maximum absolute atomic E-state index is 14.8. The lowest BCUT2D eigenvalue weighted by atomic mass is 9.99. The Bertz CT molecular complexity index is 1770. The van der Waals surface area contributed by atoms with Gasteiger partial charge < -0.3 is 9.30 Å². The summed E-state index contributed by atoms with van der Waals surface area (Å²) in [6, 6.07) is 21.3. The van der Waals surface area contributed by atoms with E-state index in [4.69, 9.17) is 4.74 Å². The predicted octanol–water partition coefficient (Wildman–Crippen LogP) is 7.54. The highest BCUT2D eigenvalue weighted by Crippen LogP contribution is 2.39. The first-order valence-electron chi connectivity index (χ1n) is 13.7. The summed E-state index contributed by atoms with van der Waals surface area (Å²) in [7, 11) is 3.57. The molecular formula is C34H32F2N2O3S. The predicted molar refractivity (Wildman–Crippen MR) is 164 cm³/mol. The summed E-state index contributed by atoms with van der Waals surface area (Å²) in [6.45, 7) is 4.35. The van der Waals surface area contributed by atoms with Crippen molar-refractivity contribution in [1.82, 2.24) is 9.47 Å². The molecule has 42 heavy (non-hydrogen) atoms. The number of fused-ring (bicyclic) bond motifs is 1. The molecule has 3 aromatic carbocycles. The van der Waals surface area contributed by atoms with Crippen molar-refractivity contribution in [2.24, 2.45) is 5.92 Å². The quantitative estimate of drug-likeness (QED) is 0.159. The first-order valence-corrected chi connectivity index (χ1v) is 14.5. The molecule has 0 aliphatic carbocycles. The van der Waals surface area contributed by atoms with Crippen LogP contribution in [0.15, 0.2) is 83.8 Å². The van der Waals surface area contributed by atoms with E-state index in [-0.39, 0.29) is 28.9 Å². The van der Waals surface area contributed by atoms with Gasteiger partial charge in [0, 0.05) is 35.6 Å². The molecule has 2 heterocycles. The van der Waals surface area contributed by atoms with Gasteiger partial charge in [0.05, 0.1) is 24.6 Å². The molecule has 0 saturated carbocycles. The van der Waals surface area contributed by atoms with Crippen molar-refractivity contribution in [3.8, 4) is 16.2 Å². The Hall–Kier alpha value is -4.14. The molecule has 0 radical (unpaired) electrons. The molecule has 0 aliphatic rings. The van der Waals surface area contributed by atoms with Gasteiger partial charge in [-0.2, -0.15) is 0 Å². The molecule has 0 unspecified atom stereocenters. The van der Waals surface area contributed by atoms with E-state index in [1.807, 2.05) is 61.6 Å². The molecule has 5 nitrogen and oxygen atoms in total. The number of pyridine rings is 1. The van der Waals surface area contributed by atoms with Crippen LogP contribution in [0.4, 0.5) is 8.78 Å². The zero-order chi connectivity index (χ0) is 30.0. The highest BCUT2D eigenvalue weighted by Gasteiger charge is 2.26. The standard InChI is InChI=1S/C34H32F2N2O3S/c1-21(2)31(39)27-20-38(19-25-28(35)11-8-12-29(25)36)34-30(32(27)40)26(18-37(3)17-22-9-6-5-7-10-22)33(42-34)23-13-15-24(41-4)16-14-23/h5-16,20-21H,17-19H2,1-4H3. The second-order valence-corrected chi connectivity index (χ2v) is 11.7. The molecule has 0 bridgehead atoms. The van der Waals surface area contributed by atoms with E-state index in [1.165, 1.54) is 35.7 Å². The van der Waals surface area contributed by atoms with Gasteiger partial charge in [-0.15, -0.1) is 11.3 Å². The molecule has 2 aromatic heterocycles. The summed E-state index contributed by atoms with van der Waals surface area (Å²) < 4.78 is 36.6. The number of rotatable bonds is 10. The lowest BCUT2D eigenvalue weighted by Crippen LogP contribution is -2.24. The molecule has 0 spiro atoms. The van der Waals surface area contributed by atoms with E-state index in [0.717, 1.165) is 21.6 Å². The fraction of sp³-hybridized carbons (Fsp3) is 0.235. The van der Waals surface area contributed by atoms with Crippen molar-refractivity contribution >= 4 is 27.3 Å². The van der Waals surface area contributed by atoms with Crippen molar-refractivity contribution in [1.29, 1.82) is 0 Å². The highest BCUT2D eigenvalue weighted by molar-refractivity contribution is 7.22. The number of methoxy groups -OCH3 is 1. The molecular weight excluding hydrogens is 554 g/mol. The molecule has 8 heteroatoms. The van der Waals surface area contributed by atoms with Gasteiger partial charge in [0.15, 0.2) is 5.78 Å². The van der Waals surface area contributed by atoms with Crippen molar-refractivity contribution in [2.75, 3.05) is 14.2 Å². The Morgan fingerprint density at radius 3 is 2.21 bits per heavy atom. The normalized spacial score (nSPS) is 11.5. The third-order valence-corrected chi connectivity index (χ3v) is 8.58. The zero-order valence-corrected chi connectivity index (χ0v) is 24.8. The Labute approximate surface area is 247 Å². The Morgan fingerprint density at radius 2 is 1.60 bits per heavy atom. The second-order valence-electron chi connectivity index (χ2n) is 10.7. The van der Waals surface area contributed by atoms with Crippen molar-refractivity contribution in [3.05, 3.63) is 123 Å². The number of thiophene rings is 1. The van der Waals surface area contributed by atoms with Crippen LogP contribution >= 0.6 is 11.3 Å². The molecule has 0 saturated heterocycles. The molecule has 0 N–H and O–H groups in total. The van der Waals surface area contributed by atoms with Gasteiger partial charge in [-0.05, 0) is 60.1 Å². The number of halogens is 2. The SMILES string of the molecule is COc1ccc(-c2sc3c(c2CN(C)Cc2ccccc2)c(=O)c(C(=O)C(C)C)cn3Cc2c(F)cccc2F)cc1. The fourth-order valence-corrected chi connectivity index (χ4v) is 6.39. The minimum atomic E-state index is -0.687. The van der Waals surface area contributed by atoms with Crippen molar-refractivity contribution < 1.29 is 18.3 Å². The molecule has 5 rings (SSSR count). The Kier molecular flexibility index (Phi) is 8.66. The molecule has 0 amide bonds. The number of ether oxygens (including phenoxy) is 1. The number of aromatic nitrogens is 1. The molecule has 216 valence electrons. The van der Waals surface area contributed by atoms with Crippen LogP contribution in [0.25, 0.3) is 20.7 Å². The van der Waals surface area contributed by atoms with Crippen LogP contribution in [-0.4, -0.2) is 29.4 Å². The van der Waals surface area contributed by atoms with E-state index in [9.17, 15) is 18.4 Å². The van der Waals surface area contributed by atoms with Crippen LogP contribution in [0.1, 0.15) is 40.9 Å². The second kappa shape index (κ2) is 12.4. The maximum Gasteiger partial charge on any atom is 0.201 e. The van der Waals surface area contributed by atoms with E-state index in [0.29, 0.717) is 29.1 Å². The van der Waals surface area contributed by atoms with E-state index in [2.05, 4.69) is 4.90 Å². The first kappa shape index (κ1) is 29.4. The van der Waals surface area contributed by atoms with Gasteiger partial charge in [0.2, 0.25) is 5.43 Å². The summed E-state index contributed by atoms with van der Waals surface area (Å²) >= 11 is 1.38. The van der Waals surface area contributed by atoms with Gasteiger partial charge in [-0.3, -0.25) is 14.5 Å². The van der Waals surface area contributed by atoms with Crippen LogP contribution in [0.2, 0.25) is 0 Å². The lowest BCUT2D eigenvalue weighted by molar-refractivity contribution is 0.0938. The minimum absolute atomic E-state index is 0.0142. The van der Waals surface area contributed by atoms with Crippen LogP contribution in [0.3, 0.4) is 0 Å². The number of Topliss-reactive ketones (excluding diaryl/α,β-unsaturated/α-hetero) is 1. The molecule has 0 fully saturated rings. The average molecular weight is 587 g/mol. The Morgan fingerprint density at radius 1 is 0.929 bits per heavy atom. The summed E-state index contributed by atoms with van der Waals surface area (Å²) in [5.41, 5.74) is 2.28. The van der Waals surface area contributed by atoms with Gasteiger partial charge >= 0.3 is 0 Å². The van der Waals surface area contributed by atoms with Crippen molar-refractivity contribution in [2.45, 2.75) is 33.5 Å². The van der Waals surface area contributed by atoms with E-state index >= 15 is 0 Å². The molecule has 5 aromatic rings. The summed E-state index contributed by atoms with van der Waals surface area (Å²) in [5.74, 6) is -1.42. The smallest absolute Gasteiger partial charge is 0.201 e. The van der Waals surface area contributed by atoms with Gasteiger partial charge in [0.25, 0.3) is 0 Å². The third-order valence-electron chi connectivity index (χ3n) is 7.26. The maximum atomic E-state index is 14.8. The van der Waals surface area contributed by atoms with Crippen LogP contribution in [0.5, 0.6) is 5.75 Å². The van der Waals surface area contributed by atoms with Crippen LogP contribution < -0.4 is 10.2 Å². The van der Waals surface area contributed by atoms with E-state index < -0.39 is 17.6 Å². The zero-order valence-electron chi connectivity index (χ0n) is 24.0. The molecule has 0 aliphatic heterocycles. The van der Waals surface area contributed by atoms with Crippen LogP contribution in [-0.2, 0) is 19.6 Å². The number of hydrogen-bond donors (Lipinski definition) is 0.